The van der Waals surface area contributed by atoms with Gasteiger partial charge in [-0.05, 0) is 37.6 Å². The Balaban J connectivity index is 1.55. The molecule has 1 aliphatic rings. The number of hydrogen-bond donors (Lipinski definition) is 1. The average Bonchev–Trinajstić information content (AvgIpc) is 2.65. The summed E-state index contributed by atoms with van der Waals surface area (Å²) in [5, 5.41) is 10.1. The third-order valence-corrected chi connectivity index (χ3v) is 4.82. The van der Waals surface area contributed by atoms with Crippen LogP contribution in [0.5, 0.6) is 0 Å². The second-order valence-electron chi connectivity index (χ2n) is 6.82. The smallest absolute Gasteiger partial charge is 0.222 e. The van der Waals surface area contributed by atoms with Crippen LogP contribution in [0.3, 0.4) is 0 Å². The van der Waals surface area contributed by atoms with Gasteiger partial charge in [-0.25, -0.2) is 8.78 Å². The van der Waals surface area contributed by atoms with E-state index in [1.165, 1.54) is 12.1 Å². The van der Waals surface area contributed by atoms with Crippen LogP contribution < -0.4 is 4.90 Å². The minimum atomic E-state index is -0.774. The van der Waals surface area contributed by atoms with Crippen molar-refractivity contribution in [1.29, 1.82) is 0 Å². The number of carbonyl (C=O) groups excluding carboxylic acids is 1. The Morgan fingerprint density at radius 2 is 2.00 bits per heavy atom. The second kappa shape index (κ2) is 8.43. The Labute approximate surface area is 157 Å². The lowest BCUT2D eigenvalue weighted by atomic mass is 10.1. The Kier molecular flexibility index (Phi) is 6.01. The number of benzene rings is 1. The van der Waals surface area contributed by atoms with Crippen molar-refractivity contribution in [3.63, 3.8) is 0 Å². The first-order valence-corrected chi connectivity index (χ1v) is 9.03. The van der Waals surface area contributed by atoms with Gasteiger partial charge >= 0.3 is 0 Å². The van der Waals surface area contributed by atoms with E-state index >= 15 is 0 Å². The fourth-order valence-corrected chi connectivity index (χ4v) is 3.41. The fraction of sp³-hybridized carbons (Fsp3) is 0.400. The number of anilines is 1. The maximum atomic E-state index is 13.5. The van der Waals surface area contributed by atoms with Crippen molar-refractivity contribution in [3.05, 3.63) is 59.9 Å². The van der Waals surface area contributed by atoms with Crippen molar-refractivity contribution in [1.82, 2.24) is 9.88 Å². The van der Waals surface area contributed by atoms with Gasteiger partial charge in [0.1, 0.15) is 11.6 Å². The van der Waals surface area contributed by atoms with Crippen LogP contribution in [0.15, 0.2) is 42.6 Å². The van der Waals surface area contributed by atoms with Gasteiger partial charge in [0.05, 0.1) is 11.8 Å². The van der Waals surface area contributed by atoms with Crippen LogP contribution in [-0.4, -0.2) is 46.6 Å². The molecule has 0 radical (unpaired) electrons. The summed E-state index contributed by atoms with van der Waals surface area (Å²) in [6, 6.07) is 8.69. The lowest BCUT2D eigenvalue weighted by Gasteiger charge is -2.41. The number of pyridine rings is 1. The number of aliphatic hydroxyl groups is 1. The summed E-state index contributed by atoms with van der Waals surface area (Å²) >= 11 is 0. The van der Waals surface area contributed by atoms with Gasteiger partial charge in [0, 0.05) is 50.0 Å². The maximum Gasteiger partial charge on any atom is 0.222 e. The topological polar surface area (TPSA) is 56.7 Å². The summed E-state index contributed by atoms with van der Waals surface area (Å²) in [6.07, 6.45) is 1.36. The molecule has 144 valence electrons. The fourth-order valence-electron chi connectivity index (χ4n) is 3.41. The van der Waals surface area contributed by atoms with Crippen LogP contribution in [0.2, 0.25) is 0 Å². The van der Waals surface area contributed by atoms with E-state index in [0.29, 0.717) is 37.4 Å². The summed E-state index contributed by atoms with van der Waals surface area (Å²) in [6.45, 7) is 3.36. The van der Waals surface area contributed by atoms with E-state index < -0.39 is 17.7 Å². The predicted molar refractivity (Wildman–Crippen MR) is 98.2 cm³/mol. The van der Waals surface area contributed by atoms with Crippen LogP contribution >= 0.6 is 0 Å². The van der Waals surface area contributed by atoms with Crippen molar-refractivity contribution in [3.8, 4) is 0 Å². The molecule has 1 unspecified atom stereocenters. The lowest BCUT2D eigenvalue weighted by Crippen LogP contribution is -2.53. The Morgan fingerprint density at radius 3 is 2.63 bits per heavy atom. The number of aromatic nitrogens is 1. The van der Waals surface area contributed by atoms with Gasteiger partial charge in [0.25, 0.3) is 0 Å². The van der Waals surface area contributed by atoms with Gasteiger partial charge in [-0.3, -0.25) is 9.78 Å². The number of piperazine rings is 1. The molecule has 1 amide bonds. The highest BCUT2D eigenvalue weighted by molar-refractivity contribution is 5.76. The highest BCUT2D eigenvalue weighted by Gasteiger charge is 2.27. The normalized spacial score (nSPS) is 18.4. The predicted octanol–water partition coefficient (Wildman–Crippen LogP) is 2.91. The van der Waals surface area contributed by atoms with Crippen molar-refractivity contribution in [2.75, 3.05) is 24.5 Å². The first-order chi connectivity index (χ1) is 12.9. The van der Waals surface area contributed by atoms with Gasteiger partial charge in [0.15, 0.2) is 0 Å². The van der Waals surface area contributed by atoms with Crippen LogP contribution in [0, 0.1) is 11.6 Å². The number of amides is 1. The molecule has 1 saturated heterocycles. The first-order valence-electron chi connectivity index (χ1n) is 9.03. The van der Waals surface area contributed by atoms with Gasteiger partial charge in [0.2, 0.25) is 5.91 Å². The van der Waals surface area contributed by atoms with Crippen molar-refractivity contribution < 1.29 is 18.7 Å². The van der Waals surface area contributed by atoms with E-state index in [1.807, 2.05) is 11.8 Å². The summed E-state index contributed by atoms with van der Waals surface area (Å²) in [4.78, 5) is 20.2. The molecule has 1 fully saturated rings. The molecular weight excluding hydrogens is 352 g/mol. The van der Waals surface area contributed by atoms with Crippen molar-refractivity contribution in [2.24, 2.45) is 0 Å². The summed E-state index contributed by atoms with van der Waals surface area (Å²) in [5.41, 5.74) is 1.04. The largest absolute Gasteiger partial charge is 0.387 e. The molecule has 2 aromatic rings. The van der Waals surface area contributed by atoms with Crippen LogP contribution in [-0.2, 0) is 4.79 Å². The molecule has 5 nitrogen and oxygen atoms in total. The van der Waals surface area contributed by atoms with Gasteiger partial charge in [-0.1, -0.05) is 6.07 Å². The number of nitrogens with zero attached hydrogens (tertiary/aromatic N) is 3. The van der Waals surface area contributed by atoms with Crippen LogP contribution in [0.4, 0.5) is 14.5 Å². The van der Waals surface area contributed by atoms with E-state index in [4.69, 9.17) is 0 Å². The molecular formula is C20H23F2N3O2. The zero-order valence-corrected chi connectivity index (χ0v) is 15.2. The minimum Gasteiger partial charge on any atom is -0.387 e. The summed E-state index contributed by atoms with van der Waals surface area (Å²) < 4.78 is 26.9. The minimum absolute atomic E-state index is 0.0399. The monoisotopic (exact) mass is 375 g/mol. The quantitative estimate of drug-likeness (QED) is 0.873. The van der Waals surface area contributed by atoms with Gasteiger partial charge in [-0.15, -0.1) is 0 Å². The zero-order chi connectivity index (χ0) is 19.4. The SMILES string of the molecule is C[C@H]1CN(C(=O)CCC(O)c2ccccn2)CCN1c1cc(F)cc(F)c1. The zero-order valence-electron chi connectivity index (χ0n) is 15.2. The third-order valence-electron chi connectivity index (χ3n) is 4.82. The molecule has 0 saturated carbocycles. The molecule has 0 bridgehead atoms. The molecule has 2 atom stereocenters. The van der Waals surface area contributed by atoms with Crippen molar-refractivity contribution in [2.45, 2.75) is 31.9 Å². The average molecular weight is 375 g/mol. The molecule has 0 spiro atoms. The number of rotatable bonds is 5. The lowest BCUT2D eigenvalue weighted by molar-refractivity contribution is -0.132. The van der Waals surface area contributed by atoms with E-state index in [-0.39, 0.29) is 18.4 Å². The molecule has 3 rings (SSSR count). The number of aliphatic hydroxyl groups excluding tert-OH is 1. The number of hydrogen-bond acceptors (Lipinski definition) is 4. The number of halogens is 2. The molecule has 1 aromatic heterocycles. The molecule has 0 aliphatic carbocycles. The standard InChI is InChI=1S/C20H23F2N3O2/c1-14-13-24(8-9-25(14)17-11-15(21)10-16(22)12-17)20(27)6-5-19(26)18-4-2-3-7-23-18/h2-4,7,10-12,14,19,26H,5-6,8-9,13H2,1H3/t14-,19?/m0/s1. The first kappa shape index (κ1) is 19.2. The molecule has 1 N–H and O–H groups in total. The Morgan fingerprint density at radius 1 is 1.26 bits per heavy atom. The molecule has 1 aromatic carbocycles. The second-order valence-corrected chi connectivity index (χ2v) is 6.82. The highest BCUT2D eigenvalue weighted by atomic mass is 19.1. The molecule has 27 heavy (non-hydrogen) atoms. The third kappa shape index (κ3) is 4.80. The summed E-state index contributed by atoms with van der Waals surface area (Å²) in [7, 11) is 0. The maximum absolute atomic E-state index is 13.5. The Bertz CT molecular complexity index is 768. The van der Waals surface area contributed by atoms with Crippen LogP contribution in [0.25, 0.3) is 0 Å². The highest BCUT2D eigenvalue weighted by Crippen LogP contribution is 2.24. The summed E-state index contributed by atoms with van der Waals surface area (Å²) in [5.74, 6) is -1.26. The van der Waals surface area contributed by atoms with Gasteiger partial charge < -0.3 is 14.9 Å². The van der Waals surface area contributed by atoms with E-state index in [1.54, 1.807) is 29.3 Å². The Hall–Kier alpha value is -2.54. The molecule has 1 aliphatic heterocycles. The van der Waals surface area contributed by atoms with Crippen LogP contribution in [0.1, 0.15) is 31.6 Å². The van der Waals surface area contributed by atoms with Gasteiger partial charge in [-0.2, -0.15) is 0 Å². The van der Waals surface area contributed by atoms with E-state index in [9.17, 15) is 18.7 Å². The molecule has 2 heterocycles. The van der Waals surface area contributed by atoms with E-state index in [2.05, 4.69) is 4.98 Å². The number of carbonyl (C=O) groups is 1. The van der Waals surface area contributed by atoms with Crippen molar-refractivity contribution >= 4 is 11.6 Å². The molecule has 7 heteroatoms. The van der Waals surface area contributed by atoms with E-state index in [0.717, 1.165) is 6.07 Å².